The van der Waals surface area contributed by atoms with Gasteiger partial charge in [0.15, 0.2) is 5.69 Å². The number of hydrogen-bond acceptors (Lipinski definition) is 5. The molecule has 1 aliphatic rings. The number of ether oxygens (including phenoxy) is 2. The van der Waals surface area contributed by atoms with Crippen LogP contribution in [0.15, 0.2) is 6.07 Å². The highest BCUT2D eigenvalue weighted by Crippen LogP contribution is 2.26. The van der Waals surface area contributed by atoms with Crippen LogP contribution in [0.3, 0.4) is 0 Å². The van der Waals surface area contributed by atoms with Crippen LogP contribution in [0.1, 0.15) is 59.3 Å². The Morgan fingerprint density at radius 2 is 1.90 bits per heavy atom. The SMILES string of the molecule is CCOC(=O)c1cc2c(nc1C(=O)OCC)CCC(C)C2. The molecule has 1 aliphatic carbocycles. The van der Waals surface area contributed by atoms with Crippen LogP contribution in [0.2, 0.25) is 0 Å². The van der Waals surface area contributed by atoms with E-state index in [9.17, 15) is 9.59 Å². The Kier molecular flexibility index (Phi) is 4.94. The third kappa shape index (κ3) is 3.40. The molecular formula is C16H21NO4. The zero-order valence-electron chi connectivity index (χ0n) is 12.8. The lowest BCUT2D eigenvalue weighted by atomic mass is 9.87. The van der Waals surface area contributed by atoms with Gasteiger partial charge in [-0.1, -0.05) is 6.92 Å². The minimum Gasteiger partial charge on any atom is -0.462 e. The lowest BCUT2D eigenvalue weighted by Gasteiger charge is -2.22. The number of aromatic nitrogens is 1. The number of carbonyl (C=O) groups is 2. The van der Waals surface area contributed by atoms with E-state index < -0.39 is 11.9 Å². The quantitative estimate of drug-likeness (QED) is 0.798. The summed E-state index contributed by atoms with van der Waals surface area (Å²) in [6.07, 6.45) is 2.74. The van der Waals surface area contributed by atoms with Crippen LogP contribution in [0.4, 0.5) is 0 Å². The van der Waals surface area contributed by atoms with Crippen molar-refractivity contribution >= 4 is 11.9 Å². The minimum absolute atomic E-state index is 0.0728. The van der Waals surface area contributed by atoms with E-state index in [1.54, 1.807) is 19.9 Å². The molecule has 0 fully saturated rings. The summed E-state index contributed by atoms with van der Waals surface area (Å²) in [5, 5.41) is 0. The van der Waals surface area contributed by atoms with Crippen LogP contribution in [-0.4, -0.2) is 30.1 Å². The van der Waals surface area contributed by atoms with E-state index in [1.165, 1.54) is 0 Å². The van der Waals surface area contributed by atoms with Gasteiger partial charge in [-0.15, -0.1) is 0 Å². The van der Waals surface area contributed by atoms with Crippen LogP contribution in [0.5, 0.6) is 0 Å². The smallest absolute Gasteiger partial charge is 0.357 e. The van der Waals surface area contributed by atoms with Gasteiger partial charge in [0, 0.05) is 5.69 Å². The van der Waals surface area contributed by atoms with Gasteiger partial charge in [0.05, 0.1) is 18.8 Å². The largest absolute Gasteiger partial charge is 0.462 e. The van der Waals surface area contributed by atoms with Crippen molar-refractivity contribution in [3.05, 3.63) is 28.6 Å². The first-order valence-corrected chi connectivity index (χ1v) is 7.43. The number of nitrogens with zero attached hydrogens (tertiary/aromatic N) is 1. The predicted molar refractivity (Wildman–Crippen MR) is 77.3 cm³/mol. The fourth-order valence-corrected chi connectivity index (χ4v) is 2.57. The predicted octanol–water partition coefficient (Wildman–Crippen LogP) is 2.56. The molecule has 1 aromatic rings. The lowest BCUT2D eigenvalue weighted by Crippen LogP contribution is -2.21. The molecule has 1 heterocycles. The number of fused-ring (bicyclic) bond motifs is 1. The van der Waals surface area contributed by atoms with Crippen LogP contribution in [0.25, 0.3) is 0 Å². The van der Waals surface area contributed by atoms with Gasteiger partial charge in [-0.05, 0) is 50.7 Å². The molecule has 21 heavy (non-hydrogen) atoms. The molecule has 0 bridgehead atoms. The first kappa shape index (κ1) is 15.5. The van der Waals surface area contributed by atoms with E-state index in [2.05, 4.69) is 11.9 Å². The Hall–Kier alpha value is -1.91. The summed E-state index contributed by atoms with van der Waals surface area (Å²) in [5.74, 6) is -0.529. The van der Waals surface area contributed by atoms with Gasteiger partial charge in [-0.2, -0.15) is 0 Å². The monoisotopic (exact) mass is 291 g/mol. The van der Waals surface area contributed by atoms with Crippen LogP contribution < -0.4 is 0 Å². The molecule has 0 N–H and O–H groups in total. The van der Waals surface area contributed by atoms with Gasteiger partial charge in [-0.3, -0.25) is 0 Å². The summed E-state index contributed by atoms with van der Waals surface area (Å²) in [4.78, 5) is 28.5. The van der Waals surface area contributed by atoms with Crippen LogP contribution >= 0.6 is 0 Å². The summed E-state index contributed by atoms with van der Waals surface area (Å²) in [5.41, 5.74) is 2.21. The van der Waals surface area contributed by atoms with Crippen LogP contribution in [-0.2, 0) is 22.3 Å². The molecule has 1 atom stereocenters. The normalized spacial score (nSPS) is 17.0. The average molecular weight is 291 g/mol. The molecule has 0 saturated heterocycles. The fraction of sp³-hybridized carbons (Fsp3) is 0.562. The topological polar surface area (TPSA) is 65.5 Å². The van der Waals surface area contributed by atoms with Crippen molar-refractivity contribution in [2.75, 3.05) is 13.2 Å². The van der Waals surface area contributed by atoms with Gasteiger partial charge in [0.1, 0.15) is 0 Å². The summed E-state index contributed by atoms with van der Waals surface area (Å²) >= 11 is 0. The van der Waals surface area contributed by atoms with E-state index >= 15 is 0 Å². The molecule has 0 radical (unpaired) electrons. The van der Waals surface area contributed by atoms with Gasteiger partial charge in [-0.25, -0.2) is 14.6 Å². The first-order valence-electron chi connectivity index (χ1n) is 7.43. The molecule has 2 rings (SSSR count). The maximum Gasteiger partial charge on any atom is 0.357 e. The molecule has 1 unspecified atom stereocenters. The Labute approximate surface area is 124 Å². The Morgan fingerprint density at radius 1 is 1.24 bits per heavy atom. The van der Waals surface area contributed by atoms with Gasteiger partial charge in [0.2, 0.25) is 0 Å². The lowest BCUT2D eigenvalue weighted by molar-refractivity contribution is 0.0472. The highest BCUT2D eigenvalue weighted by molar-refractivity contribution is 6.02. The van der Waals surface area contributed by atoms with Crippen molar-refractivity contribution in [1.29, 1.82) is 0 Å². The van der Waals surface area contributed by atoms with Crippen molar-refractivity contribution < 1.29 is 19.1 Å². The number of aryl methyl sites for hydroxylation is 1. The number of carbonyl (C=O) groups excluding carboxylic acids is 2. The standard InChI is InChI=1S/C16H21NO4/c1-4-20-15(18)12-9-11-8-10(3)6-7-13(11)17-14(12)16(19)21-5-2/h9-10H,4-8H2,1-3H3. The second kappa shape index (κ2) is 6.70. The molecule has 5 nitrogen and oxygen atoms in total. The van der Waals surface area contributed by atoms with Crippen molar-refractivity contribution in [3.8, 4) is 0 Å². The second-order valence-corrected chi connectivity index (χ2v) is 5.28. The highest BCUT2D eigenvalue weighted by atomic mass is 16.5. The first-order chi connectivity index (χ1) is 10.1. The summed E-state index contributed by atoms with van der Waals surface area (Å²) in [7, 11) is 0. The Balaban J connectivity index is 2.45. The molecule has 0 saturated carbocycles. The van der Waals surface area contributed by atoms with E-state index in [0.29, 0.717) is 5.92 Å². The maximum atomic E-state index is 12.1. The Bertz CT molecular complexity index is 553. The van der Waals surface area contributed by atoms with Gasteiger partial charge >= 0.3 is 11.9 Å². The molecule has 0 amide bonds. The van der Waals surface area contributed by atoms with E-state index in [1.807, 2.05) is 0 Å². The number of rotatable bonds is 4. The molecular weight excluding hydrogens is 270 g/mol. The molecule has 0 aliphatic heterocycles. The second-order valence-electron chi connectivity index (χ2n) is 5.28. The van der Waals surface area contributed by atoms with Crippen LogP contribution in [0, 0.1) is 5.92 Å². The van der Waals surface area contributed by atoms with Crippen molar-refractivity contribution in [2.24, 2.45) is 5.92 Å². The molecule has 114 valence electrons. The zero-order chi connectivity index (χ0) is 15.4. The molecule has 5 heteroatoms. The van der Waals surface area contributed by atoms with Gasteiger partial charge in [0.25, 0.3) is 0 Å². The van der Waals surface area contributed by atoms with Gasteiger partial charge < -0.3 is 9.47 Å². The van der Waals surface area contributed by atoms with E-state index in [-0.39, 0.29) is 24.5 Å². The molecule has 1 aromatic heterocycles. The molecule has 0 spiro atoms. The third-order valence-corrected chi connectivity index (χ3v) is 3.60. The number of pyridine rings is 1. The summed E-state index contributed by atoms with van der Waals surface area (Å²) < 4.78 is 10.0. The third-order valence-electron chi connectivity index (χ3n) is 3.60. The van der Waals surface area contributed by atoms with E-state index in [4.69, 9.17) is 9.47 Å². The zero-order valence-corrected chi connectivity index (χ0v) is 12.8. The van der Waals surface area contributed by atoms with Crippen molar-refractivity contribution in [1.82, 2.24) is 4.98 Å². The summed E-state index contributed by atoms with van der Waals surface area (Å²) in [6.45, 7) is 6.13. The highest BCUT2D eigenvalue weighted by Gasteiger charge is 2.26. The number of esters is 2. The summed E-state index contributed by atoms with van der Waals surface area (Å²) in [6, 6.07) is 1.75. The fourth-order valence-electron chi connectivity index (χ4n) is 2.57. The minimum atomic E-state index is -0.568. The van der Waals surface area contributed by atoms with E-state index in [0.717, 1.165) is 30.5 Å². The maximum absolute atomic E-state index is 12.1. The average Bonchev–Trinajstić information content (AvgIpc) is 2.46. The van der Waals surface area contributed by atoms with Crippen molar-refractivity contribution in [3.63, 3.8) is 0 Å². The van der Waals surface area contributed by atoms with Crippen molar-refractivity contribution in [2.45, 2.75) is 40.0 Å². The number of hydrogen-bond donors (Lipinski definition) is 0. The Morgan fingerprint density at radius 3 is 2.57 bits per heavy atom. The molecule has 0 aromatic carbocycles.